The molecule has 0 unspecified atom stereocenters. The van der Waals surface area contributed by atoms with Crippen LogP contribution >= 0.6 is 0 Å². The lowest BCUT2D eigenvalue weighted by Gasteiger charge is -2.34. The van der Waals surface area contributed by atoms with Gasteiger partial charge in [0, 0.05) is 37.8 Å². The zero-order valence-electron chi connectivity index (χ0n) is 14.9. The zero-order valence-corrected chi connectivity index (χ0v) is 14.9. The molecule has 27 heavy (non-hydrogen) atoms. The number of hydrogen-bond acceptors (Lipinski definition) is 3. The highest BCUT2D eigenvalue weighted by molar-refractivity contribution is 6.09. The second kappa shape index (κ2) is 8.02. The van der Waals surface area contributed by atoms with Crippen LogP contribution in [0.25, 0.3) is 0 Å². The Balaban J connectivity index is 1.65. The van der Waals surface area contributed by atoms with Crippen molar-refractivity contribution in [3.63, 3.8) is 0 Å². The normalized spacial score (nSPS) is 23.0. The summed E-state index contributed by atoms with van der Waals surface area (Å²) < 4.78 is 26.9. The van der Waals surface area contributed by atoms with Gasteiger partial charge in [0.1, 0.15) is 17.6 Å². The average Bonchev–Trinajstić information content (AvgIpc) is 3.00. The number of aliphatic carboxylic acids is 1. The Bertz CT molecular complexity index is 735. The molecule has 1 aromatic rings. The highest BCUT2D eigenvalue weighted by Gasteiger charge is 2.40. The molecular formula is C19H22F2N2O4. The fraction of sp³-hybridized carbons (Fsp3) is 0.526. The molecule has 3 rings (SSSR count). The summed E-state index contributed by atoms with van der Waals surface area (Å²) in [6.07, 6.45) is 2.51. The van der Waals surface area contributed by atoms with E-state index in [1.165, 1.54) is 4.90 Å². The SMILES string of the molecule is O=C(O)CC[C@@H]1CCCN(C(=O)[C@@H]2CCN(c3cc(F)cc(F)c3)C2=O)C1. The van der Waals surface area contributed by atoms with Gasteiger partial charge in [-0.05, 0) is 43.7 Å². The largest absolute Gasteiger partial charge is 0.481 e. The molecule has 2 aliphatic heterocycles. The summed E-state index contributed by atoms with van der Waals surface area (Å²) in [5, 5.41) is 8.82. The van der Waals surface area contributed by atoms with E-state index in [-0.39, 0.29) is 30.5 Å². The predicted molar refractivity (Wildman–Crippen MR) is 93.0 cm³/mol. The standard InChI is InChI=1S/C19H22F2N2O4/c20-13-8-14(21)10-15(9-13)23-7-5-16(19(23)27)18(26)22-6-1-2-12(11-22)3-4-17(24)25/h8-10,12,16H,1-7,11H2,(H,24,25)/t12-,16-/m0/s1. The Kier molecular flexibility index (Phi) is 5.72. The number of halogens is 2. The molecule has 1 aromatic carbocycles. The van der Waals surface area contributed by atoms with Crippen LogP contribution in [0.1, 0.15) is 32.1 Å². The molecule has 0 aromatic heterocycles. The Morgan fingerprint density at radius 3 is 2.48 bits per heavy atom. The topological polar surface area (TPSA) is 77.9 Å². The van der Waals surface area contributed by atoms with Gasteiger partial charge in [-0.1, -0.05) is 0 Å². The van der Waals surface area contributed by atoms with Gasteiger partial charge in [-0.3, -0.25) is 14.4 Å². The van der Waals surface area contributed by atoms with Gasteiger partial charge in [0.05, 0.1) is 0 Å². The number of carbonyl (C=O) groups is 3. The maximum absolute atomic E-state index is 13.4. The highest BCUT2D eigenvalue weighted by atomic mass is 19.1. The van der Waals surface area contributed by atoms with Crippen molar-refractivity contribution < 1.29 is 28.3 Å². The van der Waals surface area contributed by atoms with E-state index in [1.54, 1.807) is 4.90 Å². The van der Waals surface area contributed by atoms with Gasteiger partial charge in [0.25, 0.3) is 0 Å². The molecule has 0 aliphatic carbocycles. The smallest absolute Gasteiger partial charge is 0.303 e. The van der Waals surface area contributed by atoms with Crippen molar-refractivity contribution in [1.29, 1.82) is 0 Å². The lowest BCUT2D eigenvalue weighted by Crippen LogP contribution is -2.45. The predicted octanol–water partition coefficient (Wildman–Crippen LogP) is 2.42. The van der Waals surface area contributed by atoms with E-state index >= 15 is 0 Å². The number of benzene rings is 1. The van der Waals surface area contributed by atoms with Gasteiger partial charge in [-0.2, -0.15) is 0 Å². The molecule has 0 saturated carbocycles. The molecule has 2 aliphatic rings. The van der Waals surface area contributed by atoms with E-state index in [1.807, 2.05) is 0 Å². The Hall–Kier alpha value is -2.51. The summed E-state index contributed by atoms with van der Waals surface area (Å²) in [6, 6.07) is 2.89. The quantitative estimate of drug-likeness (QED) is 0.796. The van der Waals surface area contributed by atoms with E-state index in [2.05, 4.69) is 0 Å². The van der Waals surface area contributed by atoms with Crippen molar-refractivity contribution in [2.75, 3.05) is 24.5 Å². The van der Waals surface area contributed by atoms with Crippen molar-refractivity contribution in [2.45, 2.75) is 32.1 Å². The highest BCUT2D eigenvalue weighted by Crippen LogP contribution is 2.29. The summed E-state index contributed by atoms with van der Waals surface area (Å²) in [6.45, 7) is 1.22. The molecule has 1 N–H and O–H groups in total. The lowest BCUT2D eigenvalue weighted by molar-refractivity contribution is -0.141. The summed E-state index contributed by atoms with van der Waals surface area (Å²) >= 11 is 0. The molecule has 6 nitrogen and oxygen atoms in total. The third kappa shape index (κ3) is 4.43. The number of anilines is 1. The summed E-state index contributed by atoms with van der Waals surface area (Å²) in [4.78, 5) is 39.1. The van der Waals surface area contributed by atoms with Gasteiger partial charge in [0.2, 0.25) is 11.8 Å². The van der Waals surface area contributed by atoms with Crippen LogP contribution in [0, 0.1) is 23.5 Å². The number of likely N-dealkylation sites (tertiary alicyclic amines) is 1. The number of carboxylic acid groups (broad SMARTS) is 1. The van der Waals surface area contributed by atoms with Crippen LogP contribution in [0.4, 0.5) is 14.5 Å². The van der Waals surface area contributed by atoms with Crippen molar-refractivity contribution in [3.8, 4) is 0 Å². The first-order valence-electron chi connectivity index (χ1n) is 9.13. The van der Waals surface area contributed by atoms with Crippen LogP contribution in [0.15, 0.2) is 18.2 Å². The summed E-state index contributed by atoms with van der Waals surface area (Å²) in [7, 11) is 0. The lowest BCUT2D eigenvalue weighted by atomic mass is 9.92. The third-order valence-electron chi connectivity index (χ3n) is 5.26. The summed E-state index contributed by atoms with van der Waals surface area (Å²) in [5.74, 6) is -3.87. The number of nitrogens with zero attached hydrogens (tertiary/aromatic N) is 2. The van der Waals surface area contributed by atoms with Gasteiger partial charge in [0.15, 0.2) is 0 Å². The van der Waals surface area contributed by atoms with E-state index < -0.39 is 29.4 Å². The zero-order chi connectivity index (χ0) is 19.6. The molecule has 2 saturated heterocycles. The van der Waals surface area contributed by atoms with Gasteiger partial charge in [-0.25, -0.2) is 8.78 Å². The van der Waals surface area contributed by atoms with E-state index in [4.69, 9.17) is 5.11 Å². The fourth-order valence-corrected chi connectivity index (χ4v) is 3.91. The van der Waals surface area contributed by atoms with Crippen LogP contribution in [-0.4, -0.2) is 47.4 Å². The molecule has 0 bridgehead atoms. The van der Waals surface area contributed by atoms with Crippen LogP contribution in [0.2, 0.25) is 0 Å². The number of hydrogen-bond donors (Lipinski definition) is 1. The number of carboxylic acids is 1. The van der Waals surface area contributed by atoms with Crippen molar-refractivity contribution in [3.05, 3.63) is 29.8 Å². The van der Waals surface area contributed by atoms with Gasteiger partial charge < -0.3 is 14.9 Å². The molecular weight excluding hydrogens is 358 g/mol. The van der Waals surface area contributed by atoms with E-state index in [9.17, 15) is 23.2 Å². The Morgan fingerprint density at radius 2 is 1.81 bits per heavy atom. The second-order valence-corrected chi connectivity index (χ2v) is 7.18. The number of carbonyl (C=O) groups excluding carboxylic acids is 2. The van der Waals surface area contributed by atoms with Gasteiger partial charge in [-0.15, -0.1) is 0 Å². The van der Waals surface area contributed by atoms with Crippen molar-refractivity contribution >= 4 is 23.5 Å². The average molecular weight is 380 g/mol. The number of rotatable bonds is 5. The minimum absolute atomic E-state index is 0.0635. The van der Waals surface area contributed by atoms with Crippen LogP contribution < -0.4 is 4.90 Å². The molecule has 8 heteroatoms. The third-order valence-corrected chi connectivity index (χ3v) is 5.26. The van der Waals surface area contributed by atoms with Crippen molar-refractivity contribution in [1.82, 2.24) is 4.90 Å². The number of piperidine rings is 1. The maximum atomic E-state index is 13.4. The molecule has 2 atom stereocenters. The molecule has 0 spiro atoms. The molecule has 2 amide bonds. The van der Waals surface area contributed by atoms with Crippen molar-refractivity contribution in [2.24, 2.45) is 11.8 Å². The van der Waals surface area contributed by atoms with Gasteiger partial charge >= 0.3 is 5.97 Å². The minimum atomic E-state index is -0.859. The molecule has 146 valence electrons. The first kappa shape index (κ1) is 19.3. The minimum Gasteiger partial charge on any atom is -0.481 e. The van der Waals surface area contributed by atoms with Crippen LogP contribution in [-0.2, 0) is 14.4 Å². The van der Waals surface area contributed by atoms with E-state index in [0.29, 0.717) is 25.9 Å². The Morgan fingerprint density at radius 1 is 1.11 bits per heavy atom. The van der Waals surface area contributed by atoms with E-state index in [0.717, 1.165) is 31.0 Å². The first-order chi connectivity index (χ1) is 12.8. The maximum Gasteiger partial charge on any atom is 0.303 e. The fourth-order valence-electron chi connectivity index (χ4n) is 3.91. The Labute approximate surface area is 155 Å². The monoisotopic (exact) mass is 380 g/mol. The van der Waals surface area contributed by atoms with Crippen LogP contribution in [0.3, 0.4) is 0 Å². The first-order valence-corrected chi connectivity index (χ1v) is 9.13. The molecule has 2 heterocycles. The second-order valence-electron chi connectivity index (χ2n) is 7.18. The molecule has 2 fully saturated rings. The number of amides is 2. The summed E-state index contributed by atoms with van der Waals surface area (Å²) in [5.41, 5.74) is 0.116. The molecule has 0 radical (unpaired) electrons. The van der Waals surface area contributed by atoms with Crippen LogP contribution in [0.5, 0.6) is 0 Å².